The van der Waals surface area contributed by atoms with Crippen LogP contribution in [0.1, 0.15) is 26.6 Å². The third-order valence-electron chi connectivity index (χ3n) is 1.49. The Balaban J connectivity index is 3.15. The average molecular weight is 218 g/mol. The zero-order valence-corrected chi connectivity index (χ0v) is 8.81. The summed E-state index contributed by atoms with van der Waals surface area (Å²) in [5.41, 5.74) is 0.0633. The van der Waals surface area contributed by atoms with Gasteiger partial charge >= 0.3 is 0 Å². The van der Waals surface area contributed by atoms with Gasteiger partial charge in [0.2, 0.25) is 0 Å². The molecule has 62 valence electrons. The van der Waals surface area contributed by atoms with E-state index in [0.29, 0.717) is 0 Å². The van der Waals surface area contributed by atoms with Crippen molar-refractivity contribution < 1.29 is 0 Å². The Morgan fingerprint density at radius 2 is 1.82 bits per heavy atom. The first-order valence-electron chi connectivity index (χ1n) is 3.48. The van der Waals surface area contributed by atoms with E-state index in [2.05, 4.69) is 46.9 Å². The predicted octanol–water partition coefficient (Wildman–Crippen LogP) is 1.88. The maximum atomic E-state index is 4.05. The summed E-state index contributed by atoms with van der Waals surface area (Å²) in [6.45, 7) is 6.34. The molecule has 0 aliphatic carbocycles. The molecule has 0 aliphatic heterocycles. The molecule has 0 N–H and O–H groups in total. The Morgan fingerprint density at radius 3 is 2.00 bits per heavy atom. The number of nitrogens with zero attached hydrogens (tertiary/aromatic N) is 3. The van der Waals surface area contributed by atoms with E-state index in [1.54, 1.807) is 0 Å². The van der Waals surface area contributed by atoms with Gasteiger partial charge in [-0.3, -0.25) is 0 Å². The minimum absolute atomic E-state index is 0.0633. The second-order valence-electron chi connectivity index (χ2n) is 3.60. The van der Waals surface area contributed by atoms with Crippen molar-refractivity contribution in [1.29, 1.82) is 0 Å². The van der Waals surface area contributed by atoms with Crippen LogP contribution < -0.4 is 0 Å². The molecule has 4 heteroatoms. The maximum Gasteiger partial charge on any atom is 0.199 e. The van der Waals surface area contributed by atoms with E-state index in [4.69, 9.17) is 0 Å². The average Bonchev–Trinajstić information content (AvgIpc) is 2.11. The first-order chi connectivity index (χ1) is 4.93. The molecule has 0 aromatic carbocycles. The molecule has 11 heavy (non-hydrogen) atoms. The number of hydrogen-bond donors (Lipinski definition) is 0. The Labute approximate surface area is 75.0 Å². The Bertz CT molecular complexity index is 259. The van der Waals surface area contributed by atoms with E-state index >= 15 is 0 Å². The van der Waals surface area contributed by atoms with E-state index < -0.39 is 0 Å². The second-order valence-corrected chi connectivity index (χ2v) is 4.31. The Morgan fingerprint density at radius 1 is 1.27 bits per heavy atom. The Hall–Kier alpha value is -0.380. The molecule has 1 rings (SSSR count). The molecule has 0 spiro atoms. The van der Waals surface area contributed by atoms with Gasteiger partial charge in [-0.1, -0.05) is 20.8 Å². The molecule has 0 saturated carbocycles. The van der Waals surface area contributed by atoms with Crippen molar-refractivity contribution in [3.63, 3.8) is 0 Å². The number of rotatable bonds is 0. The molecule has 1 heterocycles. The van der Waals surface area contributed by atoms with Crippen molar-refractivity contribution in [1.82, 2.24) is 14.8 Å². The Kier molecular flexibility index (Phi) is 2.05. The monoisotopic (exact) mass is 217 g/mol. The van der Waals surface area contributed by atoms with Crippen LogP contribution in [0.25, 0.3) is 0 Å². The van der Waals surface area contributed by atoms with E-state index in [9.17, 15) is 0 Å². The summed E-state index contributed by atoms with van der Waals surface area (Å²) < 4.78 is 2.72. The van der Waals surface area contributed by atoms with Gasteiger partial charge in [-0.15, -0.1) is 10.2 Å². The molecule has 0 fully saturated rings. The molecule has 3 nitrogen and oxygen atoms in total. The molecule has 0 radical (unpaired) electrons. The summed E-state index contributed by atoms with van der Waals surface area (Å²) in [4.78, 5) is 0. The minimum atomic E-state index is 0.0633. The summed E-state index contributed by atoms with van der Waals surface area (Å²) in [6, 6.07) is 0. The van der Waals surface area contributed by atoms with E-state index in [1.165, 1.54) is 0 Å². The standard InChI is InChI=1S/C7H12BrN3/c1-7(2,3)5-9-10-6(8)11(5)4/h1-4H3. The highest BCUT2D eigenvalue weighted by Crippen LogP contribution is 2.21. The van der Waals surface area contributed by atoms with Gasteiger partial charge in [0.25, 0.3) is 0 Å². The third kappa shape index (κ3) is 1.61. The summed E-state index contributed by atoms with van der Waals surface area (Å²) in [5.74, 6) is 0.990. The van der Waals surface area contributed by atoms with Gasteiger partial charge in [0.15, 0.2) is 4.73 Å². The van der Waals surface area contributed by atoms with Crippen LogP contribution in [0.2, 0.25) is 0 Å². The molecule has 0 bridgehead atoms. The number of hydrogen-bond acceptors (Lipinski definition) is 2. The maximum absolute atomic E-state index is 4.05. The topological polar surface area (TPSA) is 30.7 Å². The van der Waals surface area contributed by atoms with Crippen molar-refractivity contribution >= 4 is 15.9 Å². The third-order valence-corrected chi connectivity index (χ3v) is 2.18. The molecular weight excluding hydrogens is 206 g/mol. The van der Waals surface area contributed by atoms with Crippen LogP contribution >= 0.6 is 15.9 Å². The largest absolute Gasteiger partial charge is 0.308 e. The smallest absolute Gasteiger partial charge is 0.199 e. The second kappa shape index (κ2) is 2.59. The van der Waals surface area contributed by atoms with E-state index in [-0.39, 0.29) is 5.41 Å². The van der Waals surface area contributed by atoms with Gasteiger partial charge in [-0.25, -0.2) is 0 Å². The summed E-state index contributed by atoms with van der Waals surface area (Å²) in [5, 5.41) is 7.96. The number of halogens is 1. The van der Waals surface area contributed by atoms with Crippen molar-refractivity contribution in [2.45, 2.75) is 26.2 Å². The zero-order chi connectivity index (χ0) is 8.65. The first kappa shape index (κ1) is 8.71. The van der Waals surface area contributed by atoms with Gasteiger partial charge in [0.1, 0.15) is 5.82 Å². The first-order valence-corrected chi connectivity index (χ1v) is 4.27. The lowest BCUT2D eigenvalue weighted by atomic mass is 9.96. The summed E-state index contributed by atoms with van der Waals surface area (Å²) in [6.07, 6.45) is 0. The van der Waals surface area contributed by atoms with Crippen LogP contribution in [0.3, 0.4) is 0 Å². The van der Waals surface area contributed by atoms with E-state index in [1.807, 2.05) is 11.6 Å². The lowest BCUT2D eigenvalue weighted by molar-refractivity contribution is 0.519. The van der Waals surface area contributed by atoms with Crippen LogP contribution in [0.15, 0.2) is 4.73 Å². The number of aromatic nitrogens is 3. The van der Waals surface area contributed by atoms with Crippen molar-refractivity contribution in [2.24, 2.45) is 7.05 Å². The molecule has 1 aromatic heterocycles. The minimum Gasteiger partial charge on any atom is -0.308 e. The van der Waals surface area contributed by atoms with Gasteiger partial charge in [0.05, 0.1) is 0 Å². The van der Waals surface area contributed by atoms with Crippen molar-refractivity contribution in [2.75, 3.05) is 0 Å². The van der Waals surface area contributed by atoms with Gasteiger partial charge in [0, 0.05) is 12.5 Å². The molecule has 0 saturated heterocycles. The normalized spacial score (nSPS) is 12.1. The highest BCUT2D eigenvalue weighted by atomic mass is 79.9. The highest BCUT2D eigenvalue weighted by Gasteiger charge is 2.20. The molecule has 1 aromatic rings. The quantitative estimate of drug-likeness (QED) is 0.665. The van der Waals surface area contributed by atoms with Crippen molar-refractivity contribution in [3.8, 4) is 0 Å². The van der Waals surface area contributed by atoms with Crippen molar-refractivity contribution in [3.05, 3.63) is 10.6 Å². The molecule has 0 unspecified atom stereocenters. The van der Waals surface area contributed by atoms with Crippen LogP contribution in [0.5, 0.6) is 0 Å². The fourth-order valence-corrected chi connectivity index (χ4v) is 1.21. The van der Waals surface area contributed by atoms with Crippen LogP contribution in [-0.4, -0.2) is 14.8 Å². The predicted molar refractivity (Wildman–Crippen MR) is 47.4 cm³/mol. The summed E-state index contributed by atoms with van der Waals surface area (Å²) >= 11 is 3.30. The zero-order valence-electron chi connectivity index (χ0n) is 7.22. The molecule has 0 amide bonds. The van der Waals surface area contributed by atoms with Gasteiger partial charge < -0.3 is 4.57 Å². The summed E-state index contributed by atoms with van der Waals surface area (Å²) in [7, 11) is 1.95. The fourth-order valence-electron chi connectivity index (χ4n) is 0.963. The van der Waals surface area contributed by atoms with Gasteiger partial charge in [-0.05, 0) is 15.9 Å². The molecule has 0 aliphatic rings. The lowest BCUT2D eigenvalue weighted by Gasteiger charge is -2.16. The van der Waals surface area contributed by atoms with Crippen LogP contribution in [-0.2, 0) is 12.5 Å². The molecule has 0 atom stereocenters. The molecular formula is C7H12BrN3. The van der Waals surface area contributed by atoms with Gasteiger partial charge in [-0.2, -0.15) is 0 Å². The van der Waals surface area contributed by atoms with Crippen LogP contribution in [0.4, 0.5) is 0 Å². The highest BCUT2D eigenvalue weighted by molar-refractivity contribution is 9.10. The van der Waals surface area contributed by atoms with E-state index in [0.717, 1.165) is 10.6 Å². The van der Waals surface area contributed by atoms with Crippen LogP contribution in [0, 0.1) is 0 Å². The lowest BCUT2D eigenvalue weighted by Crippen LogP contribution is -2.17. The fraction of sp³-hybridized carbons (Fsp3) is 0.714. The SMILES string of the molecule is Cn1c(Br)nnc1C(C)(C)C.